The topological polar surface area (TPSA) is 76.5 Å². The predicted molar refractivity (Wildman–Crippen MR) is 56.1 cm³/mol. The summed E-state index contributed by atoms with van der Waals surface area (Å²) in [4.78, 5) is 20.1. The maximum absolute atomic E-state index is 11.6. The molecule has 16 heavy (non-hydrogen) atoms. The van der Waals surface area contributed by atoms with E-state index < -0.39 is 0 Å². The summed E-state index contributed by atoms with van der Waals surface area (Å²) >= 11 is 0. The first-order valence-electron chi connectivity index (χ1n) is 5.20. The van der Waals surface area contributed by atoms with Crippen LogP contribution in [-0.4, -0.2) is 24.7 Å². The van der Waals surface area contributed by atoms with Gasteiger partial charge in [-0.3, -0.25) is 14.5 Å². The van der Waals surface area contributed by atoms with Crippen molar-refractivity contribution in [2.24, 2.45) is 0 Å². The minimum absolute atomic E-state index is 0.0198. The molecule has 0 amide bonds. The maximum atomic E-state index is 11.6. The minimum Gasteiger partial charge on any atom is -0.270 e. The highest BCUT2D eigenvalue weighted by Gasteiger charge is 2.28. The van der Waals surface area contributed by atoms with Crippen LogP contribution in [0.5, 0.6) is 0 Å². The second-order valence-corrected chi connectivity index (χ2v) is 3.95. The van der Waals surface area contributed by atoms with E-state index in [4.69, 9.17) is 0 Å². The lowest BCUT2D eigenvalue weighted by atomic mass is 10.1. The summed E-state index contributed by atoms with van der Waals surface area (Å²) in [5.74, 6) is 0.804. The monoisotopic (exact) mass is 217 g/mol. The van der Waals surface area contributed by atoms with E-state index in [0.29, 0.717) is 0 Å². The van der Waals surface area contributed by atoms with Crippen molar-refractivity contribution >= 4 is 0 Å². The lowest BCUT2D eigenvalue weighted by Gasteiger charge is -2.10. The van der Waals surface area contributed by atoms with Crippen molar-refractivity contribution in [1.82, 2.24) is 24.7 Å². The van der Waals surface area contributed by atoms with Gasteiger partial charge < -0.3 is 0 Å². The second kappa shape index (κ2) is 3.26. The van der Waals surface area contributed by atoms with Crippen molar-refractivity contribution in [3.63, 3.8) is 0 Å². The molecule has 6 heteroatoms. The molecule has 0 saturated heterocycles. The number of hydrogen-bond acceptors (Lipinski definition) is 4. The molecule has 6 nitrogen and oxygen atoms in total. The van der Waals surface area contributed by atoms with Crippen LogP contribution >= 0.6 is 0 Å². The lowest BCUT2D eigenvalue weighted by molar-refractivity contribution is 0.577. The third-order valence-corrected chi connectivity index (χ3v) is 2.85. The Morgan fingerprint density at radius 1 is 1.50 bits per heavy atom. The number of nitrogens with zero attached hydrogens (tertiary/aromatic N) is 4. The zero-order valence-corrected chi connectivity index (χ0v) is 8.84. The van der Waals surface area contributed by atoms with Gasteiger partial charge in [-0.15, -0.1) is 0 Å². The largest absolute Gasteiger partial charge is 0.343 e. The number of aryl methyl sites for hydroxylation is 2. The van der Waals surface area contributed by atoms with E-state index >= 15 is 0 Å². The van der Waals surface area contributed by atoms with Crippen LogP contribution in [0, 0.1) is 6.92 Å². The standard InChI is InChI=1S/C10H11N5O/c1-6-4-11-5-7(12-6)8-2-3-9-13-14-10(16)15(8)9/h4-5,8H,2-3H2,1H3,(H,14,16)/t8-/m0/s1. The van der Waals surface area contributed by atoms with Crippen LogP contribution in [0.25, 0.3) is 0 Å². The Labute approximate surface area is 91.4 Å². The smallest absolute Gasteiger partial charge is 0.270 e. The molecule has 82 valence electrons. The van der Waals surface area contributed by atoms with Crippen LogP contribution in [0.15, 0.2) is 17.2 Å². The summed E-state index contributed by atoms with van der Waals surface area (Å²) in [5.41, 5.74) is 1.53. The molecule has 2 aromatic rings. The van der Waals surface area contributed by atoms with Crippen molar-refractivity contribution in [2.45, 2.75) is 25.8 Å². The van der Waals surface area contributed by atoms with Gasteiger partial charge in [-0.1, -0.05) is 0 Å². The van der Waals surface area contributed by atoms with E-state index in [1.807, 2.05) is 6.92 Å². The maximum Gasteiger partial charge on any atom is 0.343 e. The average molecular weight is 217 g/mol. The van der Waals surface area contributed by atoms with Crippen molar-refractivity contribution in [2.75, 3.05) is 0 Å². The fraction of sp³-hybridized carbons (Fsp3) is 0.400. The first kappa shape index (κ1) is 9.26. The zero-order valence-electron chi connectivity index (χ0n) is 8.84. The summed E-state index contributed by atoms with van der Waals surface area (Å²) in [5, 5.41) is 6.43. The van der Waals surface area contributed by atoms with Crippen LogP contribution in [-0.2, 0) is 6.42 Å². The number of nitrogens with one attached hydrogen (secondary N) is 1. The van der Waals surface area contributed by atoms with Gasteiger partial charge in [0.25, 0.3) is 0 Å². The lowest BCUT2D eigenvalue weighted by Crippen LogP contribution is -2.21. The van der Waals surface area contributed by atoms with E-state index in [0.717, 1.165) is 30.1 Å². The molecule has 0 saturated carbocycles. The van der Waals surface area contributed by atoms with Gasteiger partial charge in [-0.25, -0.2) is 9.89 Å². The Bertz CT molecular complexity index is 585. The molecule has 2 aromatic heterocycles. The Kier molecular flexibility index (Phi) is 1.89. The first-order valence-corrected chi connectivity index (χ1v) is 5.20. The van der Waals surface area contributed by atoms with Crippen molar-refractivity contribution in [3.8, 4) is 0 Å². The summed E-state index contributed by atoms with van der Waals surface area (Å²) in [6.07, 6.45) is 5.09. The fourth-order valence-corrected chi connectivity index (χ4v) is 2.15. The highest BCUT2D eigenvalue weighted by Crippen LogP contribution is 2.26. The molecule has 0 unspecified atom stereocenters. The van der Waals surface area contributed by atoms with Gasteiger partial charge in [0.15, 0.2) is 0 Å². The molecule has 3 rings (SSSR count). The third-order valence-electron chi connectivity index (χ3n) is 2.85. The molecule has 0 aromatic carbocycles. The number of aromatic amines is 1. The molecule has 0 fully saturated rings. The number of aromatic nitrogens is 5. The molecule has 1 atom stereocenters. The number of rotatable bonds is 1. The quantitative estimate of drug-likeness (QED) is 0.740. The Morgan fingerprint density at radius 3 is 3.19 bits per heavy atom. The van der Waals surface area contributed by atoms with Crippen molar-refractivity contribution in [1.29, 1.82) is 0 Å². The Hall–Kier alpha value is -1.98. The zero-order chi connectivity index (χ0) is 11.1. The van der Waals surface area contributed by atoms with E-state index in [9.17, 15) is 4.79 Å². The molecule has 0 aliphatic carbocycles. The van der Waals surface area contributed by atoms with Gasteiger partial charge in [-0.2, -0.15) is 5.10 Å². The van der Waals surface area contributed by atoms with E-state index in [1.165, 1.54) is 0 Å². The minimum atomic E-state index is -0.166. The van der Waals surface area contributed by atoms with E-state index in [-0.39, 0.29) is 11.7 Å². The summed E-state index contributed by atoms with van der Waals surface area (Å²) in [6, 6.07) is -0.0198. The van der Waals surface area contributed by atoms with Gasteiger partial charge in [0.1, 0.15) is 5.82 Å². The molecular weight excluding hydrogens is 206 g/mol. The average Bonchev–Trinajstić information content (AvgIpc) is 2.82. The molecule has 1 aliphatic rings. The highest BCUT2D eigenvalue weighted by atomic mass is 16.1. The van der Waals surface area contributed by atoms with Crippen molar-refractivity contribution in [3.05, 3.63) is 40.1 Å². The SMILES string of the molecule is Cc1cncc([C@@H]2CCc3n[nH]c(=O)n32)n1. The summed E-state index contributed by atoms with van der Waals surface area (Å²) in [7, 11) is 0. The molecule has 3 heterocycles. The van der Waals surface area contributed by atoms with Crippen LogP contribution in [0.3, 0.4) is 0 Å². The van der Waals surface area contributed by atoms with Crippen molar-refractivity contribution < 1.29 is 0 Å². The molecule has 1 aliphatic heterocycles. The highest BCUT2D eigenvalue weighted by molar-refractivity contribution is 5.13. The predicted octanol–water partition coefficient (Wildman–Crippen LogP) is 0.205. The van der Waals surface area contributed by atoms with Crippen LogP contribution in [0.2, 0.25) is 0 Å². The van der Waals surface area contributed by atoms with E-state index in [1.54, 1.807) is 17.0 Å². The molecule has 0 spiro atoms. The second-order valence-electron chi connectivity index (χ2n) is 3.95. The van der Waals surface area contributed by atoms with Crippen LogP contribution in [0.4, 0.5) is 0 Å². The van der Waals surface area contributed by atoms with Crippen LogP contribution in [0.1, 0.15) is 29.7 Å². The fourth-order valence-electron chi connectivity index (χ4n) is 2.15. The summed E-state index contributed by atoms with van der Waals surface area (Å²) in [6.45, 7) is 1.89. The van der Waals surface area contributed by atoms with Gasteiger partial charge in [0.2, 0.25) is 0 Å². The molecule has 1 N–H and O–H groups in total. The molecule has 0 radical (unpaired) electrons. The van der Waals surface area contributed by atoms with E-state index in [2.05, 4.69) is 20.2 Å². The number of hydrogen-bond donors (Lipinski definition) is 1. The van der Waals surface area contributed by atoms with Gasteiger partial charge in [0.05, 0.1) is 23.6 Å². The third kappa shape index (κ3) is 1.26. The Balaban J connectivity index is 2.10. The summed E-state index contributed by atoms with van der Waals surface area (Å²) < 4.78 is 1.67. The molecule has 0 bridgehead atoms. The first-order chi connectivity index (χ1) is 7.75. The Morgan fingerprint density at radius 2 is 2.38 bits per heavy atom. The van der Waals surface area contributed by atoms with Crippen LogP contribution < -0.4 is 5.69 Å². The van der Waals surface area contributed by atoms with Gasteiger partial charge >= 0.3 is 5.69 Å². The normalized spacial score (nSPS) is 18.7. The van der Waals surface area contributed by atoms with Gasteiger partial charge in [0, 0.05) is 12.6 Å². The number of H-pyrrole nitrogens is 1. The van der Waals surface area contributed by atoms with Gasteiger partial charge in [-0.05, 0) is 13.3 Å². The molecular formula is C10H11N5O. The number of fused-ring (bicyclic) bond motifs is 1.